The highest BCUT2D eigenvalue weighted by atomic mass is 79.9. The van der Waals surface area contributed by atoms with Crippen molar-refractivity contribution >= 4 is 38.0 Å². The van der Waals surface area contributed by atoms with Crippen LogP contribution in [0.4, 0.5) is 5.82 Å². The first kappa shape index (κ1) is 9.86. The molecule has 0 aliphatic rings. The summed E-state index contributed by atoms with van der Waals surface area (Å²) in [5.74, 6) is 0.560. The maximum absolute atomic E-state index is 5.67. The Bertz CT molecular complexity index is 639. The summed E-state index contributed by atoms with van der Waals surface area (Å²) >= 11 is 5.02. The van der Waals surface area contributed by atoms with E-state index in [1.54, 1.807) is 11.3 Å². The molecule has 0 saturated heterocycles. The molecule has 16 heavy (non-hydrogen) atoms. The number of halogens is 1. The van der Waals surface area contributed by atoms with Gasteiger partial charge in [-0.15, -0.1) is 11.3 Å². The molecular formula is C11H8BrN3S. The van der Waals surface area contributed by atoms with Crippen molar-refractivity contribution in [1.82, 2.24) is 9.38 Å². The maximum Gasteiger partial charge on any atom is 0.196 e. The van der Waals surface area contributed by atoms with Gasteiger partial charge in [-0.05, 0) is 17.7 Å². The third-order valence-corrected chi connectivity index (χ3v) is 3.74. The van der Waals surface area contributed by atoms with E-state index in [0.29, 0.717) is 5.82 Å². The van der Waals surface area contributed by atoms with E-state index < -0.39 is 0 Å². The summed E-state index contributed by atoms with van der Waals surface area (Å²) in [7, 11) is 0. The first-order valence-corrected chi connectivity index (χ1v) is 6.39. The lowest BCUT2D eigenvalue weighted by Crippen LogP contribution is -1.84. The number of nitrogens with two attached hydrogens (primary N) is 1. The average Bonchev–Trinajstić information content (AvgIpc) is 2.78. The lowest BCUT2D eigenvalue weighted by Gasteiger charge is -1.99. The molecule has 1 aromatic carbocycles. The third kappa shape index (κ3) is 1.52. The van der Waals surface area contributed by atoms with Crippen LogP contribution in [-0.2, 0) is 0 Å². The molecule has 0 saturated carbocycles. The summed E-state index contributed by atoms with van der Waals surface area (Å²) in [4.78, 5) is 5.15. The summed E-state index contributed by atoms with van der Waals surface area (Å²) in [5, 5.41) is 2.09. The molecule has 0 bridgehead atoms. The molecule has 0 aliphatic carbocycles. The largest absolute Gasteiger partial charge is 0.382 e. The number of aromatic nitrogens is 2. The van der Waals surface area contributed by atoms with Gasteiger partial charge in [0.1, 0.15) is 5.82 Å². The highest BCUT2D eigenvalue weighted by Gasteiger charge is 2.07. The second-order valence-corrected chi connectivity index (χ2v) is 5.20. The minimum atomic E-state index is 0.560. The highest BCUT2D eigenvalue weighted by molar-refractivity contribution is 9.10. The van der Waals surface area contributed by atoms with Crippen molar-refractivity contribution in [3.05, 3.63) is 40.3 Å². The predicted molar refractivity (Wildman–Crippen MR) is 70.6 cm³/mol. The van der Waals surface area contributed by atoms with Gasteiger partial charge in [0.15, 0.2) is 4.96 Å². The lowest BCUT2D eigenvalue weighted by atomic mass is 10.2. The summed E-state index contributed by atoms with van der Waals surface area (Å²) in [6.45, 7) is 0. The number of benzene rings is 1. The average molecular weight is 294 g/mol. The SMILES string of the molecule is Nc1cn2c(-c3ccc(Br)cc3)csc2n1. The van der Waals surface area contributed by atoms with Crippen molar-refractivity contribution in [2.45, 2.75) is 0 Å². The van der Waals surface area contributed by atoms with Crippen LogP contribution in [0.3, 0.4) is 0 Å². The van der Waals surface area contributed by atoms with Gasteiger partial charge >= 0.3 is 0 Å². The van der Waals surface area contributed by atoms with Crippen LogP contribution in [0.5, 0.6) is 0 Å². The Labute approximate surface area is 105 Å². The fourth-order valence-corrected chi connectivity index (χ4v) is 2.78. The molecule has 2 N–H and O–H groups in total. The number of nitrogens with zero attached hydrogens (tertiary/aromatic N) is 2. The highest BCUT2D eigenvalue weighted by Crippen LogP contribution is 2.27. The maximum atomic E-state index is 5.67. The quantitative estimate of drug-likeness (QED) is 0.747. The molecule has 80 valence electrons. The molecule has 0 spiro atoms. The first-order valence-electron chi connectivity index (χ1n) is 4.72. The van der Waals surface area contributed by atoms with Crippen LogP contribution in [0.15, 0.2) is 40.3 Å². The van der Waals surface area contributed by atoms with E-state index in [4.69, 9.17) is 5.73 Å². The first-order chi connectivity index (χ1) is 7.74. The van der Waals surface area contributed by atoms with E-state index in [1.165, 1.54) is 0 Å². The Morgan fingerprint density at radius 1 is 1.25 bits per heavy atom. The fraction of sp³-hybridized carbons (Fsp3) is 0. The van der Waals surface area contributed by atoms with Gasteiger partial charge < -0.3 is 5.73 Å². The molecule has 0 unspecified atom stereocenters. The summed E-state index contributed by atoms with van der Waals surface area (Å²) in [5.41, 5.74) is 7.95. The lowest BCUT2D eigenvalue weighted by molar-refractivity contribution is 1.24. The van der Waals surface area contributed by atoms with Crippen LogP contribution in [0.2, 0.25) is 0 Å². The van der Waals surface area contributed by atoms with Crippen molar-refractivity contribution in [3.8, 4) is 11.3 Å². The molecule has 2 aromatic heterocycles. The summed E-state index contributed by atoms with van der Waals surface area (Å²) in [6, 6.07) is 8.20. The number of hydrogen-bond acceptors (Lipinski definition) is 3. The smallest absolute Gasteiger partial charge is 0.196 e. The van der Waals surface area contributed by atoms with Gasteiger partial charge in [0, 0.05) is 9.85 Å². The zero-order valence-electron chi connectivity index (χ0n) is 8.22. The molecule has 5 heteroatoms. The minimum Gasteiger partial charge on any atom is -0.382 e. The van der Waals surface area contributed by atoms with Crippen LogP contribution in [0.1, 0.15) is 0 Å². The Kier molecular flexibility index (Phi) is 2.22. The van der Waals surface area contributed by atoms with E-state index in [0.717, 1.165) is 20.7 Å². The normalized spacial score (nSPS) is 11.1. The van der Waals surface area contributed by atoms with E-state index in [9.17, 15) is 0 Å². The molecule has 3 aromatic rings. The molecule has 0 amide bonds. The standard InChI is InChI=1S/C11H8BrN3S/c12-8-3-1-7(2-4-8)9-6-16-11-14-10(13)5-15(9)11/h1-6H,13H2. The number of imidazole rings is 1. The molecule has 0 aliphatic heterocycles. The van der Waals surface area contributed by atoms with E-state index in [1.807, 2.05) is 22.7 Å². The van der Waals surface area contributed by atoms with Gasteiger partial charge in [-0.3, -0.25) is 4.40 Å². The monoisotopic (exact) mass is 293 g/mol. The van der Waals surface area contributed by atoms with Crippen molar-refractivity contribution in [3.63, 3.8) is 0 Å². The van der Waals surface area contributed by atoms with E-state index in [2.05, 4.69) is 38.4 Å². The van der Waals surface area contributed by atoms with Crippen LogP contribution >= 0.6 is 27.3 Å². The van der Waals surface area contributed by atoms with Crippen LogP contribution in [-0.4, -0.2) is 9.38 Å². The van der Waals surface area contributed by atoms with E-state index >= 15 is 0 Å². The van der Waals surface area contributed by atoms with Gasteiger partial charge in [0.05, 0.1) is 11.9 Å². The molecule has 3 rings (SSSR count). The number of thiazole rings is 1. The van der Waals surface area contributed by atoms with Gasteiger partial charge in [0.2, 0.25) is 0 Å². The Balaban J connectivity index is 2.21. The molecule has 0 atom stereocenters. The summed E-state index contributed by atoms with van der Waals surface area (Å²) in [6.07, 6.45) is 1.85. The summed E-state index contributed by atoms with van der Waals surface area (Å²) < 4.78 is 3.09. The number of anilines is 1. The molecule has 0 radical (unpaired) electrons. The van der Waals surface area contributed by atoms with Crippen molar-refractivity contribution in [2.75, 3.05) is 5.73 Å². The van der Waals surface area contributed by atoms with Crippen molar-refractivity contribution in [1.29, 1.82) is 0 Å². The molecular weight excluding hydrogens is 286 g/mol. The Morgan fingerprint density at radius 3 is 2.75 bits per heavy atom. The third-order valence-electron chi connectivity index (χ3n) is 2.37. The van der Waals surface area contributed by atoms with Gasteiger partial charge in [-0.1, -0.05) is 28.1 Å². The number of fused-ring (bicyclic) bond motifs is 1. The van der Waals surface area contributed by atoms with Gasteiger partial charge in [-0.2, -0.15) is 0 Å². The predicted octanol–water partition coefficient (Wildman–Crippen LogP) is 3.41. The van der Waals surface area contributed by atoms with Crippen LogP contribution in [0, 0.1) is 0 Å². The van der Waals surface area contributed by atoms with Crippen LogP contribution < -0.4 is 5.73 Å². The molecule has 3 nitrogen and oxygen atoms in total. The van der Waals surface area contributed by atoms with Crippen molar-refractivity contribution in [2.24, 2.45) is 0 Å². The Hall–Kier alpha value is -1.33. The Morgan fingerprint density at radius 2 is 2.00 bits per heavy atom. The fourth-order valence-electron chi connectivity index (χ4n) is 1.63. The van der Waals surface area contributed by atoms with Gasteiger partial charge in [0.25, 0.3) is 0 Å². The number of rotatable bonds is 1. The second kappa shape index (κ2) is 3.61. The van der Waals surface area contributed by atoms with Crippen LogP contribution in [0.25, 0.3) is 16.2 Å². The second-order valence-electron chi connectivity index (χ2n) is 3.45. The zero-order valence-corrected chi connectivity index (χ0v) is 10.6. The topological polar surface area (TPSA) is 43.3 Å². The van der Waals surface area contributed by atoms with E-state index in [-0.39, 0.29) is 0 Å². The number of hydrogen-bond donors (Lipinski definition) is 1. The van der Waals surface area contributed by atoms with Gasteiger partial charge in [-0.25, -0.2) is 4.98 Å². The minimum absolute atomic E-state index is 0.560. The van der Waals surface area contributed by atoms with Crippen molar-refractivity contribution < 1.29 is 0 Å². The number of nitrogen functional groups attached to an aromatic ring is 1. The zero-order chi connectivity index (χ0) is 11.1. The molecule has 2 heterocycles. The molecule has 0 fully saturated rings.